The van der Waals surface area contributed by atoms with Gasteiger partial charge in [0.15, 0.2) is 5.78 Å². The molecule has 2 aliphatic carbocycles. The van der Waals surface area contributed by atoms with Crippen molar-refractivity contribution in [3.8, 4) is 6.07 Å². The maximum absolute atomic E-state index is 13.3. The van der Waals surface area contributed by atoms with Gasteiger partial charge in [-0.2, -0.15) is 5.26 Å². The minimum Gasteiger partial charge on any atom is -0.349 e. The topological polar surface area (TPSA) is 77.0 Å². The van der Waals surface area contributed by atoms with Crippen molar-refractivity contribution < 1.29 is 9.59 Å². The minimum atomic E-state index is -0.190. The fraction of sp³-hybridized carbons (Fsp3) is 0.174. The Morgan fingerprint density at radius 2 is 2.07 bits per heavy atom. The summed E-state index contributed by atoms with van der Waals surface area (Å²) in [5, 5.41) is 10.1. The lowest BCUT2D eigenvalue weighted by atomic mass is 9.81. The van der Waals surface area contributed by atoms with Crippen LogP contribution in [0.2, 0.25) is 0 Å². The number of hydrogen-bond donors (Lipinski definition) is 1. The van der Waals surface area contributed by atoms with E-state index in [4.69, 9.17) is 0 Å². The molecule has 2 aromatic carbocycles. The van der Waals surface area contributed by atoms with Gasteiger partial charge < -0.3 is 9.88 Å². The van der Waals surface area contributed by atoms with Crippen molar-refractivity contribution in [3.05, 3.63) is 82.7 Å². The highest BCUT2D eigenvalue weighted by Crippen LogP contribution is 2.66. The number of aromatic amines is 1. The molecule has 28 heavy (non-hydrogen) atoms. The molecule has 6 rings (SSSR count). The molecule has 3 aliphatic rings. The van der Waals surface area contributed by atoms with Crippen LogP contribution in [-0.2, 0) is 5.41 Å². The summed E-state index contributed by atoms with van der Waals surface area (Å²) in [6.45, 7) is 0.618. The smallest absolute Gasteiger partial charge is 0.274 e. The van der Waals surface area contributed by atoms with Crippen LogP contribution >= 0.6 is 0 Å². The molecular weight excluding hydrogens is 350 g/mol. The summed E-state index contributed by atoms with van der Waals surface area (Å²) in [5.41, 5.74) is 4.08. The second kappa shape index (κ2) is 4.99. The number of carbonyl (C=O) groups excluding carboxylic acids is 2. The number of nitrogens with one attached hydrogen (secondary N) is 1. The van der Waals surface area contributed by atoms with Crippen LogP contribution in [-0.4, -0.2) is 28.1 Å². The third kappa shape index (κ3) is 1.75. The van der Waals surface area contributed by atoms with Crippen molar-refractivity contribution in [1.29, 1.82) is 5.26 Å². The number of amides is 1. The molecule has 1 aliphatic heterocycles. The molecule has 5 nitrogen and oxygen atoms in total. The van der Waals surface area contributed by atoms with E-state index < -0.39 is 0 Å². The average Bonchev–Trinajstić information content (AvgIpc) is 3.10. The predicted octanol–water partition coefficient (Wildman–Crippen LogP) is 3.53. The number of nitriles is 1. The SMILES string of the molecule is N#Cc1cccc2cc(C(=O)N3C[C@H]4C[C@@]45C3=CC(=O)c3ccccc35)[nH]c12. The molecule has 3 aromatic rings. The monoisotopic (exact) mass is 365 g/mol. The maximum atomic E-state index is 13.3. The molecule has 1 saturated carbocycles. The summed E-state index contributed by atoms with van der Waals surface area (Å²) in [4.78, 5) is 30.8. The van der Waals surface area contributed by atoms with Crippen LogP contribution in [0.3, 0.4) is 0 Å². The van der Waals surface area contributed by atoms with Crippen molar-refractivity contribution in [2.45, 2.75) is 11.8 Å². The Balaban J connectivity index is 1.44. The zero-order chi connectivity index (χ0) is 19.0. The highest BCUT2D eigenvalue weighted by molar-refractivity contribution is 6.10. The van der Waals surface area contributed by atoms with Crippen LogP contribution in [0.25, 0.3) is 10.9 Å². The second-order valence-corrected chi connectivity index (χ2v) is 7.79. The first kappa shape index (κ1) is 15.4. The first-order valence-corrected chi connectivity index (χ1v) is 9.33. The van der Waals surface area contributed by atoms with Gasteiger partial charge in [-0.1, -0.05) is 36.4 Å². The van der Waals surface area contributed by atoms with Gasteiger partial charge >= 0.3 is 0 Å². The van der Waals surface area contributed by atoms with Gasteiger partial charge in [-0.3, -0.25) is 9.59 Å². The van der Waals surface area contributed by atoms with Crippen LogP contribution in [0, 0.1) is 17.2 Å². The highest BCUT2D eigenvalue weighted by Gasteiger charge is 2.67. The molecular formula is C23H15N3O2. The number of hydrogen-bond acceptors (Lipinski definition) is 3. The summed E-state index contributed by atoms with van der Waals surface area (Å²) in [6, 6.07) is 17.1. The number of piperidine rings is 1. The zero-order valence-electron chi connectivity index (χ0n) is 14.9. The molecule has 2 atom stereocenters. The average molecular weight is 365 g/mol. The Hall–Kier alpha value is -3.65. The predicted molar refractivity (Wildman–Crippen MR) is 103 cm³/mol. The molecule has 2 heterocycles. The molecule has 1 N–H and O–H groups in total. The van der Waals surface area contributed by atoms with E-state index in [0.29, 0.717) is 29.2 Å². The number of aromatic nitrogens is 1. The van der Waals surface area contributed by atoms with Crippen LogP contribution in [0.4, 0.5) is 0 Å². The van der Waals surface area contributed by atoms with Crippen molar-refractivity contribution >= 4 is 22.6 Å². The Kier molecular flexibility index (Phi) is 2.75. The van der Waals surface area contributed by atoms with Gasteiger partial charge in [-0.05, 0) is 30.0 Å². The maximum Gasteiger partial charge on any atom is 0.274 e. The first-order valence-electron chi connectivity index (χ1n) is 9.33. The van der Waals surface area contributed by atoms with E-state index in [2.05, 4.69) is 11.1 Å². The number of carbonyl (C=O) groups is 2. The van der Waals surface area contributed by atoms with E-state index in [1.807, 2.05) is 36.4 Å². The number of fused-ring (bicyclic) bond motifs is 2. The van der Waals surface area contributed by atoms with Crippen LogP contribution in [0.5, 0.6) is 0 Å². The molecule has 1 spiro atoms. The van der Waals surface area contributed by atoms with Gasteiger partial charge in [0.2, 0.25) is 0 Å². The van der Waals surface area contributed by atoms with Gasteiger partial charge in [-0.15, -0.1) is 0 Å². The summed E-state index contributed by atoms with van der Waals surface area (Å²) in [5.74, 6) is 0.172. The van der Waals surface area contributed by atoms with Gasteiger partial charge in [0.1, 0.15) is 11.8 Å². The molecule has 1 amide bonds. The van der Waals surface area contributed by atoms with Crippen LogP contribution < -0.4 is 0 Å². The normalized spacial score (nSPS) is 24.2. The minimum absolute atomic E-state index is 0.0370. The summed E-state index contributed by atoms with van der Waals surface area (Å²) in [6.07, 6.45) is 2.63. The molecule has 1 aromatic heterocycles. The lowest BCUT2D eigenvalue weighted by Gasteiger charge is -2.29. The fourth-order valence-corrected chi connectivity index (χ4v) is 5.09. The Bertz CT molecular complexity index is 1290. The lowest BCUT2D eigenvalue weighted by Crippen LogP contribution is -2.33. The second-order valence-electron chi connectivity index (χ2n) is 7.79. The van der Waals surface area contributed by atoms with Crippen molar-refractivity contribution in [2.75, 3.05) is 6.54 Å². The van der Waals surface area contributed by atoms with E-state index in [9.17, 15) is 14.9 Å². The summed E-state index contributed by atoms with van der Waals surface area (Å²) >= 11 is 0. The number of para-hydroxylation sites is 1. The molecule has 5 heteroatoms. The van der Waals surface area contributed by atoms with Crippen molar-refractivity contribution in [2.24, 2.45) is 5.92 Å². The van der Waals surface area contributed by atoms with E-state index in [1.54, 1.807) is 23.1 Å². The Morgan fingerprint density at radius 3 is 2.93 bits per heavy atom. The molecule has 2 fully saturated rings. The number of H-pyrrole nitrogens is 1. The molecule has 1 saturated heterocycles. The van der Waals surface area contributed by atoms with Crippen LogP contribution in [0.1, 0.15) is 38.4 Å². The quantitative estimate of drug-likeness (QED) is 0.717. The van der Waals surface area contributed by atoms with E-state index in [0.717, 1.165) is 28.6 Å². The standard InChI is InChI=1S/C23H15N3O2/c24-11-14-5-3-4-13-8-18(25-21(13)14)22(28)26-12-15-10-23(15)17-7-2-1-6-16(17)19(27)9-20(23)26/h1-9,15,25H,10,12H2/t15-,23-/m1/s1. The molecule has 0 radical (unpaired) electrons. The largest absolute Gasteiger partial charge is 0.349 e. The van der Waals surface area contributed by atoms with Gasteiger partial charge in [0.05, 0.1) is 11.1 Å². The highest BCUT2D eigenvalue weighted by atomic mass is 16.2. The molecule has 0 bridgehead atoms. The van der Waals surface area contributed by atoms with E-state index >= 15 is 0 Å². The van der Waals surface area contributed by atoms with E-state index in [-0.39, 0.29) is 17.1 Å². The molecule has 134 valence electrons. The first-order chi connectivity index (χ1) is 13.6. The van der Waals surface area contributed by atoms with Gasteiger partial charge in [0.25, 0.3) is 5.91 Å². The number of allylic oxidation sites excluding steroid dienone is 2. The fourth-order valence-electron chi connectivity index (χ4n) is 5.09. The third-order valence-electron chi connectivity index (χ3n) is 6.45. The van der Waals surface area contributed by atoms with E-state index in [1.165, 1.54) is 0 Å². The zero-order valence-corrected chi connectivity index (χ0v) is 14.9. The number of ketones is 1. The molecule has 0 unspecified atom stereocenters. The van der Waals surface area contributed by atoms with Crippen LogP contribution in [0.15, 0.2) is 60.3 Å². The van der Waals surface area contributed by atoms with Gasteiger partial charge in [-0.25, -0.2) is 0 Å². The summed E-state index contributed by atoms with van der Waals surface area (Å²) in [7, 11) is 0. The Morgan fingerprint density at radius 1 is 1.21 bits per heavy atom. The number of rotatable bonds is 1. The van der Waals surface area contributed by atoms with Gasteiger partial charge in [0, 0.05) is 34.7 Å². The van der Waals surface area contributed by atoms with Crippen molar-refractivity contribution in [1.82, 2.24) is 9.88 Å². The summed E-state index contributed by atoms with van der Waals surface area (Å²) < 4.78 is 0. The Labute approximate surface area is 160 Å². The number of benzene rings is 2. The van der Waals surface area contributed by atoms with Crippen molar-refractivity contribution in [3.63, 3.8) is 0 Å². The third-order valence-corrected chi connectivity index (χ3v) is 6.45. The number of likely N-dealkylation sites (tertiary alicyclic amines) is 1. The lowest BCUT2D eigenvalue weighted by molar-refractivity contribution is 0.0806. The number of nitrogens with zero attached hydrogens (tertiary/aromatic N) is 2.